The molecule has 0 bridgehead atoms. The molecular formula is C15H22N4O5S. The number of hydrogen-bond donors (Lipinski definition) is 3. The van der Waals surface area contributed by atoms with Crippen molar-refractivity contribution in [2.24, 2.45) is 17.6 Å². The van der Waals surface area contributed by atoms with Crippen LogP contribution in [0.2, 0.25) is 0 Å². The highest BCUT2D eigenvalue weighted by molar-refractivity contribution is 7.89. The van der Waals surface area contributed by atoms with E-state index >= 15 is 0 Å². The minimum absolute atomic E-state index is 0.0554. The fourth-order valence-electron chi connectivity index (χ4n) is 3.08. The number of carbonyl (C=O) groups excluding carboxylic acids is 1. The van der Waals surface area contributed by atoms with Crippen LogP contribution in [0.5, 0.6) is 0 Å². The molecule has 0 aliphatic heterocycles. The molecule has 1 aromatic rings. The summed E-state index contributed by atoms with van der Waals surface area (Å²) in [6.07, 6.45) is 2.68. The van der Waals surface area contributed by atoms with E-state index in [1.165, 1.54) is 18.2 Å². The number of nitrogens with two attached hydrogens (primary N) is 1. The van der Waals surface area contributed by atoms with Crippen molar-refractivity contribution >= 4 is 21.6 Å². The van der Waals surface area contributed by atoms with E-state index in [4.69, 9.17) is 5.73 Å². The molecule has 4 N–H and O–H groups in total. The number of nitrogens with one attached hydrogen (secondary N) is 2. The van der Waals surface area contributed by atoms with Crippen LogP contribution in [0, 0.1) is 22.0 Å². The van der Waals surface area contributed by atoms with Crippen LogP contribution in [0.1, 0.15) is 19.3 Å². The van der Waals surface area contributed by atoms with E-state index in [9.17, 15) is 23.3 Å². The van der Waals surface area contributed by atoms with Crippen molar-refractivity contribution in [2.45, 2.75) is 24.2 Å². The zero-order valence-corrected chi connectivity index (χ0v) is 14.5. The first kappa shape index (κ1) is 19.3. The van der Waals surface area contributed by atoms with Gasteiger partial charge in [0.25, 0.3) is 5.69 Å². The van der Waals surface area contributed by atoms with Gasteiger partial charge in [0.15, 0.2) is 4.90 Å². The maximum absolute atomic E-state index is 12.2. The molecule has 1 fully saturated rings. The van der Waals surface area contributed by atoms with Crippen LogP contribution >= 0.6 is 0 Å². The summed E-state index contributed by atoms with van der Waals surface area (Å²) in [4.78, 5) is 21.9. The summed E-state index contributed by atoms with van der Waals surface area (Å²) in [7, 11) is -4.03. The Balaban J connectivity index is 1.89. The minimum atomic E-state index is -4.03. The van der Waals surface area contributed by atoms with Gasteiger partial charge < -0.3 is 11.1 Å². The first-order valence-corrected chi connectivity index (χ1v) is 9.56. The highest BCUT2D eigenvalue weighted by atomic mass is 32.2. The van der Waals surface area contributed by atoms with E-state index < -0.39 is 25.5 Å². The SMILES string of the molecule is NC[C@H]1CCC[C@H]1C(=O)NCCNS(=O)(=O)c1ccccc1[N+](=O)[O-]. The Morgan fingerprint density at radius 3 is 2.68 bits per heavy atom. The lowest BCUT2D eigenvalue weighted by atomic mass is 9.95. The number of amides is 1. The Bertz CT molecular complexity index is 737. The van der Waals surface area contributed by atoms with E-state index in [0.29, 0.717) is 6.54 Å². The van der Waals surface area contributed by atoms with Crippen molar-refractivity contribution in [3.63, 3.8) is 0 Å². The number of carbonyl (C=O) groups is 1. The lowest BCUT2D eigenvalue weighted by Crippen LogP contribution is -2.39. The molecule has 1 aliphatic carbocycles. The molecule has 0 radical (unpaired) electrons. The average Bonchev–Trinajstić information content (AvgIpc) is 3.07. The van der Waals surface area contributed by atoms with Crippen LogP contribution in [0.15, 0.2) is 29.2 Å². The van der Waals surface area contributed by atoms with E-state index in [1.54, 1.807) is 0 Å². The fraction of sp³-hybridized carbons (Fsp3) is 0.533. The van der Waals surface area contributed by atoms with Gasteiger partial charge in [-0.05, 0) is 31.4 Å². The Morgan fingerprint density at radius 1 is 1.28 bits per heavy atom. The zero-order valence-electron chi connectivity index (χ0n) is 13.7. The van der Waals surface area contributed by atoms with Gasteiger partial charge in [0.1, 0.15) is 0 Å². The monoisotopic (exact) mass is 370 g/mol. The highest BCUT2D eigenvalue weighted by Gasteiger charge is 2.31. The lowest BCUT2D eigenvalue weighted by molar-refractivity contribution is -0.387. The van der Waals surface area contributed by atoms with Crippen molar-refractivity contribution in [1.29, 1.82) is 0 Å². The molecule has 0 unspecified atom stereocenters. The molecule has 0 saturated heterocycles. The van der Waals surface area contributed by atoms with Gasteiger partial charge >= 0.3 is 0 Å². The van der Waals surface area contributed by atoms with Crippen LogP contribution in [-0.4, -0.2) is 38.9 Å². The summed E-state index contributed by atoms with van der Waals surface area (Å²) in [5.41, 5.74) is 5.16. The zero-order chi connectivity index (χ0) is 18.4. The van der Waals surface area contributed by atoms with Crippen molar-refractivity contribution < 1.29 is 18.1 Å². The quantitative estimate of drug-likeness (QED) is 0.342. The number of nitro benzene ring substituents is 1. The smallest absolute Gasteiger partial charge is 0.289 e. The molecule has 0 aromatic heterocycles. The summed E-state index contributed by atoms with van der Waals surface area (Å²) in [6, 6.07) is 5.11. The van der Waals surface area contributed by atoms with E-state index in [2.05, 4.69) is 10.0 Å². The molecule has 138 valence electrons. The number of rotatable bonds is 8. The van der Waals surface area contributed by atoms with Gasteiger partial charge in [-0.15, -0.1) is 0 Å². The molecule has 1 aromatic carbocycles. The van der Waals surface area contributed by atoms with Gasteiger partial charge in [-0.3, -0.25) is 14.9 Å². The second kappa shape index (κ2) is 8.37. The van der Waals surface area contributed by atoms with Crippen LogP contribution in [-0.2, 0) is 14.8 Å². The minimum Gasteiger partial charge on any atom is -0.355 e. The topological polar surface area (TPSA) is 144 Å². The maximum atomic E-state index is 12.2. The summed E-state index contributed by atoms with van der Waals surface area (Å²) >= 11 is 0. The number of benzene rings is 1. The molecular weight excluding hydrogens is 348 g/mol. The van der Waals surface area contributed by atoms with E-state index in [1.807, 2.05) is 0 Å². The van der Waals surface area contributed by atoms with Crippen molar-refractivity contribution in [2.75, 3.05) is 19.6 Å². The Morgan fingerprint density at radius 2 is 2.00 bits per heavy atom. The molecule has 25 heavy (non-hydrogen) atoms. The normalized spacial score (nSPS) is 20.4. The summed E-state index contributed by atoms with van der Waals surface area (Å²) in [5.74, 6) is -0.0849. The number of nitro groups is 1. The molecule has 2 atom stereocenters. The largest absolute Gasteiger partial charge is 0.355 e. The number of nitrogens with zero attached hydrogens (tertiary/aromatic N) is 1. The number of para-hydroxylation sites is 1. The van der Waals surface area contributed by atoms with Gasteiger partial charge in [0.05, 0.1) is 4.92 Å². The van der Waals surface area contributed by atoms with Gasteiger partial charge in [-0.25, -0.2) is 13.1 Å². The average molecular weight is 370 g/mol. The summed E-state index contributed by atoms with van der Waals surface area (Å²) in [5, 5.41) is 13.6. The molecule has 1 amide bonds. The third-order valence-corrected chi connectivity index (χ3v) is 5.87. The second-order valence-electron chi connectivity index (χ2n) is 5.95. The van der Waals surface area contributed by atoms with Crippen LogP contribution < -0.4 is 15.8 Å². The van der Waals surface area contributed by atoms with Gasteiger partial charge in [-0.2, -0.15) is 0 Å². The third-order valence-electron chi connectivity index (χ3n) is 4.37. The predicted octanol–water partition coefficient (Wildman–Crippen LogP) is 0.364. The fourth-order valence-corrected chi connectivity index (χ4v) is 4.28. The lowest BCUT2D eigenvalue weighted by Gasteiger charge is -2.17. The molecule has 9 nitrogen and oxygen atoms in total. The second-order valence-corrected chi connectivity index (χ2v) is 7.68. The maximum Gasteiger partial charge on any atom is 0.289 e. The van der Waals surface area contributed by atoms with Crippen LogP contribution in [0.25, 0.3) is 0 Å². The molecule has 2 rings (SSSR count). The number of hydrogen-bond acceptors (Lipinski definition) is 6. The Kier molecular flexibility index (Phi) is 6.45. The van der Waals surface area contributed by atoms with Crippen molar-refractivity contribution in [3.8, 4) is 0 Å². The number of sulfonamides is 1. The van der Waals surface area contributed by atoms with Crippen molar-refractivity contribution in [3.05, 3.63) is 34.4 Å². The van der Waals surface area contributed by atoms with Gasteiger partial charge in [0.2, 0.25) is 15.9 Å². The Hall–Kier alpha value is -2.04. The van der Waals surface area contributed by atoms with Crippen molar-refractivity contribution in [1.82, 2.24) is 10.0 Å². The summed E-state index contributed by atoms with van der Waals surface area (Å²) in [6.45, 7) is 0.509. The van der Waals surface area contributed by atoms with Gasteiger partial charge in [-0.1, -0.05) is 18.6 Å². The molecule has 1 aliphatic rings. The van der Waals surface area contributed by atoms with Crippen LogP contribution in [0.4, 0.5) is 5.69 Å². The summed E-state index contributed by atoms with van der Waals surface area (Å²) < 4.78 is 26.7. The first-order valence-electron chi connectivity index (χ1n) is 8.07. The molecule has 10 heteroatoms. The van der Waals surface area contributed by atoms with Gasteiger partial charge in [0, 0.05) is 25.1 Å². The highest BCUT2D eigenvalue weighted by Crippen LogP contribution is 2.30. The standard InChI is InChI=1S/C15H22N4O5S/c16-10-11-4-3-5-12(11)15(20)17-8-9-18-25(23,24)14-7-2-1-6-13(14)19(21)22/h1-2,6-7,11-12,18H,3-5,8-10,16H2,(H,17,20)/t11-,12-/m1/s1. The molecule has 0 heterocycles. The van der Waals surface area contributed by atoms with E-state index in [0.717, 1.165) is 25.3 Å². The third kappa shape index (κ3) is 4.74. The molecule has 1 saturated carbocycles. The van der Waals surface area contributed by atoms with E-state index in [-0.39, 0.29) is 30.8 Å². The predicted molar refractivity (Wildman–Crippen MR) is 91.2 cm³/mol. The van der Waals surface area contributed by atoms with Crippen LogP contribution in [0.3, 0.4) is 0 Å². The Labute approximate surface area is 146 Å². The molecule has 0 spiro atoms. The first-order chi connectivity index (χ1) is 11.9.